The number of rotatable bonds is 1. The Morgan fingerprint density at radius 3 is 2.35 bits per heavy atom. The van der Waals surface area contributed by atoms with E-state index < -0.39 is 5.82 Å². The molecule has 5 heteroatoms. The van der Waals surface area contributed by atoms with Crippen LogP contribution in [0, 0.1) is 19.7 Å². The van der Waals surface area contributed by atoms with E-state index in [1.807, 2.05) is 13.8 Å². The van der Waals surface area contributed by atoms with Crippen LogP contribution in [0.1, 0.15) is 11.4 Å². The van der Waals surface area contributed by atoms with E-state index in [1.165, 1.54) is 12.1 Å². The van der Waals surface area contributed by atoms with Crippen LogP contribution in [0.4, 0.5) is 4.39 Å². The van der Waals surface area contributed by atoms with Crippen molar-refractivity contribution in [2.24, 2.45) is 0 Å². The molecule has 0 aliphatic carbocycles. The maximum Gasteiger partial charge on any atom is 0.155 e. The Hall–Kier alpha value is -1.19. The smallest absolute Gasteiger partial charge is 0.155 e. The summed E-state index contributed by atoms with van der Waals surface area (Å²) in [6, 6.07) is 4.08. The third-order valence-electron chi connectivity index (χ3n) is 2.45. The molecule has 2 nitrogen and oxygen atoms in total. The largest absolute Gasteiger partial charge is 0.248 e. The molecule has 2 rings (SSSR count). The van der Waals surface area contributed by atoms with E-state index >= 15 is 0 Å². The summed E-state index contributed by atoms with van der Waals surface area (Å²) in [5.74, 6) is -0.397. The van der Waals surface area contributed by atoms with Crippen LogP contribution in [0.5, 0.6) is 0 Å². The first-order valence-corrected chi connectivity index (χ1v) is 5.71. The maximum absolute atomic E-state index is 13.0. The van der Waals surface area contributed by atoms with Crippen LogP contribution in [0.2, 0.25) is 10.2 Å². The highest BCUT2D eigenvalue weighted by Gasteiger charge is 2.13. The van der Waals surface area contributed by atoms with Crippen molar-refractivity contribution in [3.63, 3.8) is 0 Å². The van der Waals surface area contributed by atoms with E-state index in [-0.39, 0.29) is 10.2 Å². The quantitative estimate of drug-likeness (QED) is 0.776. The highest BCUT2D eigenvalue weighted by atomic mass is 35.5. The van der Waals surface area contributed by atoms with Crippen molar-refractivity contribution in [2.45, 2.75) is 13.8 Å². The number of benzene rings is 1. The normalized spacial score (nSPS) is 10.6. The summed E-state index contributed by atoms with van der Waals surface area (Å²) in [7, 11) is 0. The zero-order chi connectivity index (χ0) is 12.6. The molecule has 0 saturated heterocycles. The molecule has 2 aromatic rings. The minimum atomic E-state index is -0.397. The van der Waals surface area contributed by atoms with Crippen LogP contribution in [0.3, 0.4) is 0 Å². The molecule has 0 unspecified atom stereocenters. The van der Waals surface area contributed by atoms with Crippen LogP contribution in [-0.2, 0) is 0 Å². The predicted molar refractivity (Wildman–Crippen MR) is 66.9 cm³/mol. The van der Waals surface area contributed by atoms with Gasteiger partial charge in [0.2, 0.25) is 0 Å². The summed E-state index contributed by atoms with van der Waals surface area (Å²) in [6.45, 7) is 3.66. The Morgan fingerprint density at radius 2 is 1.71 bits per heavy atom. The third-order valence-corrected chi connectivity index (χ3v) is 3.03. The lowest BCUT2D eigenvalue weighted by Gasteiger charge is -2.08. The molecule has 0 radical (unpaired) electrons. The fraction of sp³-hybridized carbons (Fsp3) is 0.167. The number of halogens is 3. The van der Waals surface area contributed by atoms with Crippen LogP contribution in [0.15, 0.2) is 18.2 Å². The van der Waals surface area contributed by atoms with Crippen molar-refractivity contribution in [2.75, 3.05) is 0 Å². The summed E-state index contributed by atoms with van der Waals surface area (Å²) >= 11 is 12.0. The minimum absolute atomic E-state index is 0.265. The molecule has 0 saturated carbocycles. The van der Waals surface area contributed by atoms with Crippen molar-refractivity contribution >= 4 is 23.2 Å². The SMILES string of the molecule is Cc1nc(Cl)c(-c2ccc(F)cc2Cl)nc1C. The van der Waals surface area contributed by atoms with Gasteiger partial charge in [0.1, 0.15) is 11.5 Å². The van der Waals surface area contributed by atoms with Gasteiger partial charge in [0.25, 0.3) is 0 Å². The van der Waals surface area contributed by atoms with Gasteiger partial charge in [-0.3, -0.25) is 0 Å². The Kier molecular flexibility index (Phi) is 3.31. The van der Waals surface area contributed by atoms with Gasteiger partial charge in [-0.2, -0.15) is 0 Å². The molecule has 17 heavy (non-hydrogen) atoms. The highest BCUT2D eigenvalue weighted by molar-refractivity contribution is 6.35. The Labute approximate surface area is 108 Å². The predicted octanol–water partition coefficient (Wildman–Crippen LogP) is 4.21. The Bertz CT molecular complexity index is 585. The maximum atomic E-state index is 13.0. The second kappa shape index (κ2) is 4.59. The fourth-order valence-corrected chi connectivity index (χ4v) is 1.96. The standard InChI is InChI=1S/C12H9Cl2FN2/c1-6-7(2)17-12(14)11(16-6)9-4-3-8(15)5-10(9)13/h3-5H,1-2H3. The van der Waals surface area contributed by atoms with Gasteiger partial charge in [0.15, 0.2) is 5.15 Å². The Balaban J connectivity index is 2.64. The summed E-state index contributed by atoms with van der Waals surface area (Å²) in [5.41, 5.74) is 2.58. The van der Waals surface area contributed by atoms with E-state index in [0.29, 0.717) is 11.3 Å². The summed E-state index contributed by atoms with van der Waals surface area (Å²) in [5, 5.41) is 0.533. The van der Waals surface area contributed by atoms with Gasteiger partial charge in [0.05, 0.1) is 16.4 Å². The van der Waals surface area contributed by atoms with Crippen LogP contribution >= 0.6 is 23.2 Å². The van der Waals surface area contributed by atoms with Crippen molar-refractivity contribution in [3.05, 3.63) is 45.6 Å². The first-order valence-electron chi connectivity index (χ1n) is 4.95. The zero-order valence-electron chi connectivity index (χ0n) is 9.26. The van der Waals surface area contributed by atoms with Gasteiger partial charge < -0.3 is 0 Å². The first kappa shape index (κ1) is 12.3. The molecule has 0 N–H and O–H groups in total. The summed E-state index contributed by atoms with van der Waals surface area (Å²) in [6.07, 6.45) is 0. The van der Waals surface area contributed by atoms with Crippen LogP contribution in [-0.4, -0.2) is 9.97 Å². The number of hydrogen-bond acceptors (Lipinski definition) is 2. The lowest BCUT2D eigenvalue weighted by atomic mass is 10.1. The molecular weight excluding hydrogens is 262 g/mol. The van der Waals surface area contributed by atoms with Gasteiger partial charge >= 0.3 is 0 Å². The molecule has 0 aliphatic rings. The van der Waals surface area contributed by atoms with Gasteiger partial charge in [0, 0.05) is 5.56 Å². The monoisotopic (exact) mass is 270 g/mol. The molecule has 1 heterocycles. The van der Waals surface area contributed by atoms with Crippen molar-refractivity contribution < 1.29 is 4.39 Å². The molecular formula is C12H9Cl2FN2. The number of aromatic nitrogens is 2. The van der Waals surface area contributed by atoms with Gasteiger partial charge in [-0.15, -0.1) is 0 Å². The second-order valence-corrected chi connectivity index (χ2v) is 4.42. The number of hydrogen-bond donors (Lipinski definition) is 0. The topological polar surface area (TPSA) is 25.8 Å². The van der Waals surface area contributed by atoms with Crippen molar-refractivity contribution in [1.82, 2.24) is 9.97 Å². The first-order chi connectivity index (χ1) is 7.99. The van der Waals surface area contributed by atoms with Crippen LogP contribution in [0.25, 0.3) is 11.3 Å². The van der Waals surface area contributed by atoms with Gasteiger partial charge in [-0.1, -0.05) is 23.2 Å². The molecule has 1 aromatic heterocycles. The van der Waals surface area contributed by atoms with E-state index in [2.05, 4.69) is 9.97 Å². The number of nitrogens with zero attached hydrogens (tertiary/aromatic N) is 2. The zero-order valence-corrected chi connectivity index (χ0v) is 10.8. The van der Waals surface area contributed by atoms with Gasteiger partial charge in [-0.25, -0.2) is 14.4 Å². The second-order valence-electron chi connectivity index (χ2n) is 3.66. The van der Waals surface area contributed by atoms with Gasteiger partial charge in [-0.05, 0) is 32.0 Å². The van der Waals surface area contributed by atoms with E-state index in [4.69, 9.17) is 23.2 Å². The summed E-state index contributed by atoms with van der Waals surface area (Å²) < 4.78 is 13.0. The minimum Gasteiger partial charge on any atom is -0.248 e. The van der Waals surface area contributed by atoms with Crippen LogP contribution < -0.4 is 0 Å². The average Bonchev–Trinajstić information content (AvgIpc) is 2.24. The molecule has 88 valence electrons. The highest BCUT2D eigenvalue weighted by Crippen LogP contribution is 2.31. The molecule has 0 amide bonds. The number of aryl methyl sites for hydroxylation is 2. The molecule has 0 fully saturated rings. The van der Waals surface area contributed by atoms with Crippen molar-refractivity contribution in [1.29, 1.82) is 0 Å². The Morgan fingerprint density at radius 1 is 1.06 bits per heavy atom. The fourth-order valence-electron chi connectivity index (χ4n) is 1.43. The third kappa shape index (κ3) is 2.40. The van der Waals surface area contributed by atoms with Crippen molar-refractivity contribution in [3.8, 4) is 11.3 Å². The lowest BCUT2D eigenvalue weighted by Crippen LogP contribution is -1.97. The average molecular weight is 271 g/mol. The van der Waals surface area contributed by atoms with E-state index in [0.717, 1.165) is 11.4 Å². The summed E-state index contributed by atoms with van der Waals surface area (Å²) in [4.78, 5) is 8.50. The molecule has 1 aromatic carbocycles. The molecule has 0 bridgehead atoms. The van der Waals surface area contributed by atoms with E-state index in [1.54, 1.807) is 6.07 Å². The molecule has 0 aliphatic heterocycles. The molecule has 0 atom stereocenters. The lowest BCUT2D eigenvalue weighted by molar-refractivity contribution is 0.628. The molecule has 0 spiro atoms. The van der Waals surface area contributed by atoms with E-state index in [9.17, 15) is 4.39 Å².